The number of rotatable bonds is 15. The highest BCUT2D eigenvalue weighted by atomic mass is 16.6. The largest absolute Gasteiger partial charge is 0.507 e. The predicted molar refractivity (Wildman–Crippen MR) is 293 cm³/mol. The summed E-state index contributed by atoms with van der Waals surface area (Å²) < 4.78 is 20.1. The van der Waals surface area contributed by atoms with Gasteiger partial charge in [0.15, 0.2) is 18.7 Å². The molecule has 15 nitrogen and oxygen atoms in total. The summed E-state index contributed by atoms with van der Waals surface area (Å²) >= 11 is 0. The average Bonchev–Trinajstić information content (AvgIpc) is 3.25. The van der Waals surface area contributed by atoms with E-state index in [0.717, 1.165) is 0 Å². The zero-order valence-electron chi connectivity index (χ0n) is 48.8. The SMILES string of the molecule is CCC(=O)OC(Cc1cc(C(C)(C)C)c(O)c(C(C)(C)C)c1)n1c(=O)n(C(Cc2cc(C(C)(C)C)c(O)c(C(C)(C)C)c2)OC(=O)CC)c(=O)n(C(Cc2cc(C(C)(C)C)c(O)c(C(C)(C)C)c2)OC(=O)CC)c1=O. The Hall–Kier alpha value is -6.12. The molecule has 75 heavy (non-hydrogen) atoms. The van der Waals surface area contributed by atoms with Crippen molar-refractivity contribution in [3.05, 3.63) is 118 Å². The molecule has 0 radical (unpaired) electrons. The minimum absolute atomic E-state index is 0.0621. The van der Waals surface area contributed by atoms with Crippen molar-refractivity contribution in [3.63, 3.8) is 0 Å². The Morgan fingerprint density at radius 3 is 0.667 bits per heavy atom. The number of carbonyl (C=O) groups is 3. The summed E-state index contributed by atoms with van der Waals surface area (Å²) in [6, 6.07) is 10.4. The summed E-state index contributed by atoms with van der Waals surface area (Å²) in [7, 11) is 0. The first-order valence-electron chi connectivity index (χ1n) is 26.3. The molecule has 0 aliphatic heterocycles. The number of hydrogen-bond acceptors (Lipinski definition) is 12. The number of benzene rings is 3. The lowest BCUT2D eigenvalue weighted by Crippen LogP contribution is -2.59. The number of phenolic OH excluding ortho intramolecular Hbond substituents is 3. The molecule has 15 heteroatoms. The smallest absolute Gasteiger partial charge is 0.342 e. The fraction of sp³-hybridized carbons (Fsp3) is 0.600. The Bertz CT molecular complexity index is 2510. The first kappa shape index (κ1) is 61.4. The summed E-state index contributed by atoms with van der Waals surface area (Å²) in [5, 5.41) is 35.1. The lowest BCUT2D eigenvalue weighted by atomic mass is 9.78. The zero-order valence-corrected chi connectivity index (χ0v) is 48.8. The fourth-order valence-corrected chi connectivity index (χ4v) is 9.07. The van der Waals surface area contributed by atoms with Crippen LogP contribution < -0.4 is 17.1 Å². The van der Waals surface area contributed by atoms with Crippen LogP contribution in [0.5, 0.6) is 17.2 Å². The maximum absolute atomic E-state index is 15.7. The number of aromatic hydroxyl groups is 3. The molecule has 0 aliphatic carbocycles. The number of carbonyl (C=O) groups excluding carboxylic acids is 3. The molecule has 414 valence electrons. The number of ether oxygens (including phenoxy) is 3. The van der Waals surface area contributed by atoms with E-state index >= 15 is 14.4 Å². The van der Waals surface area contributed by atoms with Crippen LogP contribution in [-0.4, -0.2) is 46.9 Å². The lowest BCUT2D eigenvalue weighted by molar-refractivity contribution is -0.156. The van der Waals surface area contributed by atoms with Crippen molar-refractivity contribution in [2.24, 2.45) is 0 Å². The van der Waals surface area contributed by atoms with Crippen LogP contribution >= 0.6 is 0 Å². The molecule has 0 fully saturated rings. The molecule has 4 aromatic rings. The van der Waals surface area contributed by atoms with Crippen LogP contribution in [-0.2, 0) is 80.3 Å². The van der Waals surface area contributed by atoms with Crippen LogP contribution in [0.1, 0.15) is 233 Å². The van der Waals surface area contributed by atoms with E-state index in [1.54, 1.807) is 57.2 Å². The third-order valence-corrected chi connectivity index (χ3v) is 13.4. The molecule has 0 bridgehead atoms. The van der Waals surface area contributed by atoms with Gasteiger partial charge in [-0.05, 0) is 82.6 Å². The van der Waals surface area contributed by atoms with Crippen molar-refractivity contribution in [1.29, 1.82) is 0 Å². The fourth-order valence-electron chi connectivity index (χ4n) is 9.07. The highest BCUT2D eigenvalue weighted by molar-refractivity contribution is 5.70. The van der Waals surface area contributed by atoms with Gasteiger partial charge in [-0.2, -0.15) is 0 Å². The van der Waals surface area contributed by atoms with Gasteiger partial charge < -0.3 is 29.5 Å². The number of nitrogens with zero attached hydrogens (tertiary/aromatic N) is 3. The van der Waals surface area contributed by atoms with Gasteiger partial charge in [-0.3, -0.25) is 14.4 Å². The number of aromatic nitrogens is 3. The molecule has 3 N–H and O–H groups in total. The van der Waals surface area contributed by atoms with Crippen LogP contribution in [0, 0.1) is 0 Å². The van der Waals surface area contributed by atoms with Crippen LogP contribution in [0.15, 0.2) is 50.8 Å². The monoisotopic (exact) mass is 1040 g/mol. The topological polar surface area (TPSA) is 206 Å². The highest BCUT2D eigenvalue weighted by Gasteiger charge is 2.37. The van der Waals surface area contributed by atoms with Gasteiger partial charge in [-0.1, -0.05) is 182 Å². The van der Waals surface area contributed by atoms with Crippen molar-refractivity contribution in [1.82, 2.24) is 13.7 Å². The normalized spacial score (nSPS) is 14.0. The van der Waals surface area contributed by atoms with E-state index in [0.29, 0.717) is 63.8 Å². The summed E-state index contributed by atoms with van der Waals surface area (Å²) in [4.78, 5) is 88.0. The third kappa shape index (κ3) is 14.2. The minimum atomic E-state index is -1.77. The molecule has 0 aliphatic rings. The molecule has 0 saturated carbocycles. The number of esters is 3. The second kappa shape index (κ2) is 22.2. The van der Waals surface area contributed by atoms with E-state index in [2.05, 4.69) is 0 Å². The number of hydrogen-bond donors (Lipinski definition) is 3. The molecule has 3 unspecified atom stereocenters. The van der Waals surface area contributed by atoms with Crippen LogP contribution in [0.3, 0.4) is 0 Å². The molecule has 1 heterocycles. The number of phenols is 3. The van der Waals surface area contributed by atoms with Crippen molar-refractivity contribution < 1.29 is 43.9 Å². The van der Waals surface area contributed by atoms with Crippen LogP contribution in [0.2, 0.25) is 0 Å². The molecule has 0 saturated heterocycles. The Kier molecular flexibility index (Phi) is 18.2. The van der Waals surface area contributed by atoms with Gasteiger partial charge in [0.25, 0.3) is 0 Å². The van der Waals surface area contributed by atoms with Gasteiger partial charge in [0, 0.05) is 38.5 Å². The Morgan fingerprint density at radius 2 is 0.533 bits per heavy atom. The van der Waals surface area contributed by atoms with E-state index in [4.69, 9.17) is 14.2 Å². The van der Waals surface area contributed by atoms with Gasteiger partial charge in [0.05, 0.1) is 0 Å². The van der Waals surface area contributed by atoms with E-state index in [9.17, 15) is 29.7 Å². The van der Waals surface area contributed by atoms with E-state index in [1.165, 1.54) is 0 Å². The Balaban J connectivity index is 2.32. The second-order valence-electron chi connectivity index (χ2n) is 26.1. The van der Waals surface area contributed by atoms with E-state index < -0.39 is 86.2 Å². The van der Waals surface area contributed by atoms with Crippen molar-refractivity contribution >= 4 is 17.9 Å². The molecule has 0 amide bonds. The Labute approximate surface area is 444 Å². The first-order valence-corrected chi connectivity index (χ1v) is 26.3. The molecule has 4 rings (SSSR count). The van der Waals surface area contributed by atoms with E-state index in [-0.39, 0.29) is 55.8 Å². The first-order chi connectivity index (χ1) is 34.1. The predicted octanol–water partition coefficient (Wildman–Crippen LogP) is 11.2. The molecular weight excluding hydrogens is 955 g/mol. The minimum Gasteiger partial charge on any atom is -0.507 e. The van der Waals surface area contributed by atoms with Gasteiger partial charge in [0.1, 0.15) is 17.2 Å². The summed E-state index contributed by atoms with van der Waals surface area (Å²) in [6.07, 6.45) is -6.82. The van der Waals surface area contributed by atoms with Crippen LogP contribution in [0.25, 0.3) is 0 Å². The van der Waals surface area contributed by atoms with E-state index in [1.807, 2.05) is 125 Å². The second-order valence-corrected chi connectivity index (χ2v) is 26.1. The van der Waals surface area contributed by atoms with Crippen molar-refractivity contribution in [2.45, 2.75) is 235 Å². The third-order valence-electron chi connectivity index (χ3n) is 13.4. The van der Waals surface area contributed by atoms with Gasteiger partial charge in [-0.25, -0.2) is 28.1 Å². The summed E-state index contributed by atoms with van der Waals surface area (Å²) in [5.74, 6) is -2.21. The summed E-state index contributed by atoms with van der Waals surface area (Å²) in [5.41, 5.74) is -2.83. The van der Waals surface area contributed by atoms with Crippen molar-refractivity contribution in [3.8, 4) is 17.2 Å². The lowest BCUT2D eigenvalue weighted by Gasteiger charge is -2.31. The Morgan fingerprint density at radius 1 is 0.373 bits per heavy atom. The quantitative estimate of drug-likeness (QED) is 0.0751. The maximum atomic E-state index is 15.7. The maximum Gasteiger partial charge on any atom is 0.342 e. The van der Waals surface area contributed by atoms with Gasteiger partial charge in [-0.15, -0.1) is 0 Å². The molecule has 1 aromatic heterocycles. The van der Waals surface area contributed by atoms with Gasteiger partial charge >= 0.3 is 35.0 Å². The molecule has 3 aromatic carbocycles. The summed E-state index contributed by atoms with van der Waals surface area (Å²) in [6.45, 7) is 39.3. The van der Waals surface area contributed by atoms with Crippen molar-refractivity contribution in [2.75, 3.05) is 0 Å². The zero-order chi connectivity index (χ0) is 57.5. The molecule has 0 spiro atoms. The highest BCUT2D eigenvalue weighted by Crippen LogP contribution is 2.43. The van der Waals surface area contributed by atoms with Gasteiger partial charge in [0.2, 0.25) is 0 Å². The molecular formula is C60H87N3O12. The van der Waals surface area contributed by atoms with Crippen LogP contribution in [0.4, 0.5) is 0 Å². The average molecular weight is 1040 g/mol. The standard InChI is InChI=1S/C60H87N3O12/c1-22-46(64)73-43(31-34-25-37(55(4,5)6)49(67)38(26-34)56(7,8)9)61-52(70)62(44(74-47(65)23-2)32-35-27-39(57(10,11)12)50(68)40(28-35)58(13,14)15)54(72)63(53(61)71)45(75-48(66)24-3)33-36-29-41(59(16,17)18)51(69)42(30-36)60(19,20)21/h25-30,43-45,67-69H,22-24,31-33H2,1-21H3. The molecule has 3 atom stereocenters.